The summed E-state index contributed by atoms with van der Waals surface area (Å²) < 4.78 is 13.2. The molecule has 2 atom stereocenters. The van der Waals surface area contributed by atoms with E-state index in [4.69, 9.17) is 17.3 Å². The van der Waals surface area contributed by atoms with Crippen LogP contribution in [0.15, 0.2) is 48.5 Å². The van der Waals surface area contributed by atoms with Crippen LogP contribution in [0.2, 0.25) is 5.02 Å². The molecule has 35 heavy (non-hydrogen) atoms. The van der Waals surface area contributed by atoms with E-state index in [0.717, 1.165) is 11.1 Å². The van der Waals surface area contributed by atoms with Gasteiger partial charge in [0.05, 0.1) is 12.5 Å². The van der Waals surface area contributed by atoms with E-state index in [9.17, 15) is 18.8 Å². The molecule has 2 unspecified atom stereocenters. The van der Waals surface area contributed by atoms with Crippen LogP contribution in [-0.4, -0.2) is 66.3 Å². The molecule has 9 heteroatoms. The lowest BCUT2D eigenvalue weighted by Gasteiger charge is -2.44. The van der Waals surface area contributed by atoms with Crippen LogP contribution in [-0.2, 0) is 27.2 Å². The first-order valence-corrected chi connectivity index (χ1v) is 12.0. The van der Waals surface area contributed by atoms with Crippen molar-refractivity contribution >= 4 is 29.3 Å². The number of primary amides is 1. The maximum atomic E-state index is 13.2. The minimum atomic E-state index is -0.476. The lowest BCUT2D eigenvalue weighted by molar-refractivity contribution is -0.135. The van der Waals surface area contributed by atoms with Crippen LogP contribution in [0.25, 0.3) is 0 Å². The van der Waals surface area contributed by atoms with E-state index in [1.54, 1.807) is 36.6 Å². The number of nitrogens with two attached hydrogens (primary N) is 1. The molecule has 0 aromatic heterocycles. The summed E-state index contributed by atoms with van der Waals surface area (Å²) in [7, 11) is 1.59. The van der Waals surface area contributed by atoms with Gasteiger partial charge in [-0.15, -0.1) is 0 Å². The van der Waals surface area contributed by atoms with Gasteiger partial charge in [0.15, 0.2) is 0 Å². The molecule has 0 bridgehead atoms. The highest BCUT2D eigenvalue weighted by molar-refractivity contribution is 6.31. The summed E-state index contributed by atoms with van der Waals surface area (Å²) in [6.07, 6.45) is 2.89. The van der Waals surface area contributed by atoms with Gasteiger partial charge >= 0.3 is 0 Å². The Morgan fingerprint density at radius 1 is 1.17 bits per heavy atom. The smallest absolute Gasteiger partial charge is 0.237 e. The number of likely N-dealkylation sites (N-methyl/N-ethyl adjacent to an activating group) is 1. The average molecular weight is 502 g/mol. The highest BCUT2D eigenvalue weighted by Crippen LogP contribution is 2.23. The van der Waals surface area contributed by atoms with E-state index in [-0.39, 0.29) is 30.1 Å². The molecule has 2 aromatic rings. The van der Waals surface area contributed by atoms with E-state index < -0.39 is 11.9 Å². The standard InChI is InChI=1S/C26H31ClFN4O3/c1-30-26(35)23(16-19-4-2-3-5-22(19)27)31-14-15-32(21(17-31)11-12-24(29)33)25(34)13-8-18-6-9-20(28)10-7-18/h2-7,9-10,13,21,23H,8,11-12,14-17H2,1H3,(H2,29,33)(H,30,35). The Balaban J connectivity index is 1.72. The van der Waals surface area contributed by atoms with Gasteiger partial charge in [-0.1, -0.05) is 41.9 Å². The van der Waals surface area contributed by atoms with Gasteiger partial charge in [-0.05, 0) is 48.6 Å². The number of nitrogens with one attached hydrogen (secondary N) is 1. The average Bonchev–Trinajstić information content (AvgIpc) is 2.86. The summed E-state index contributed by atoms with van der Waals surface area (Å²) in [6, 6.07) is 12.7. The first kappa shape index (κ1) is 26.6. The summed E-state index contributed by atoms with van der Waals surface area (Å²) in [6.45, 7) is 1.32. The zero-order valence-corrected chi connectivity index (χ0v) is 20.5. The Kier molecular flexibility index (Phi) is 9.63. The fourth-order valence-electron chi connectivity index (χ4n) is 4.38. The molecule has 3 rings (SSSR count). The highest BCUT2D eigenvalue weighted by atomic mass is 35.5. The number of hydrogen-bond donors (Lipinski definition) is 2. The van der Waals surface area contributed by atoms with Crippen LogP contribution in [0, 0.1) is 12.2 Å². The van der Waals surface area contributed by atoms with E-state index in [0.29, 0.717) is 43.9 Å². The number of benzene rings is 2. The van der Waals surface area contributed by atoms with Crippen LogP contribution < -0.4 is 11.1 Å². The van der Waals surface area contributed by atoms with Crippen molar-refractivity contribution in [2.75, 3.05) is 26.7 Å². The van der Waals surface area contributed by atoms with E-state index in [1.807, 2.05) is 23.1 Å². The third-order valence-electron chi connectivity index (χ3n) is 6.31. The number of amides is 3. The normalized spacial score (nSPS) is 17.1. The number of halogens is 2. The first-order valence-electron chi connectivity index (χ1n) is 11.6. The third kappa shape index (κ3) is 7.50. The minimum Gasteiger partial charge on any atom is -0.370 e. The summed E-state index contributed by atoms with van der Waals surface area (Å²) >= 11 is 6.35. The zero-order valence-electron chi connectivity index (χ0n) is 19.8. The van der Waals surface area contributed by atoms with Crippen molar-refractivity contribution in [1.29, 1.82) is 0 Å². The second-order valence-electron chi connectivity index (χ2n) is 8.65. The second kappa shape index (κ2) is 12.7. The van der Waals surface area contributed by atoms with Crippen LogP contribution in [0.4, 0.5) is 4.39 Å². The summed E-state index contributed by atoms with van der Waals surface area (Å²) in [5.41, 5.74) is 7.08. The van der Waals surface area contributed by atoms with Crippen LogP contribution in [0.1, 0.15) is 24.0 Å². The Hall–Kier alpha value is -2.97. The molecule has 1 radical (unpaired) electrons. The number of hydrogen-bond acceptors (Lipinski definition) is 4. The van der Waals surface area contributed by atoms with Crippen molar-refractivity contribution in [2.45, 2.75) is 37.8 Å². The topological polar surface area (TPSA) is 95.7 Å². The Bertz CT molecular complexity index is 1030. The van der Waals surface area contributed by atoms with E-state index >= 15 is 0 Å². The summed E-state index contributed by atoms with van der Waals surface area (Å²) in [5.74, 6) is -1.07. The Labute approximate surface area is 210 Å². The number of nitrogens with zero attached hydrogens (tertiary/aromatic N) is 2. The molecule has 187 valence electrons. The molecule has 1 aliphatic rings. The number of rotatable bonds is 10. The van der Waals surface area contributed by atoms with Crippen LogP contribution >= 0.6 is 11.6 Å². The quantitative estimate of drug-likeness (QED) is 0.522. The van der Waals surface area contributed by atoms with Gasteiger partial charge in [0.25, 0.3) is 0 Å². The third-order valence-corrected chi connectivity index (χ3v) is 6.68. The van der Waals surface area contributed by atoms with Gasteiger partial charge in [-0.25, -0.2) is 4.39 Å². The highest BCUT2D eigenvalue weighted by Gasteiger charge is 2.35. The molecular weight excluding hydrogens is 471 g/mol. The molecule has 1 aliphatic heterocycles. The summed E-state index contributed by atoms with van der Waals surface area (Å²) in [4.78, 5) is 41.1. The lowest BCUT2D eigenvalue weighted by Crippen LogP contribution is -2.60. The van der Waals surface area contributed by atoms with Gasteiger partial charge < -0.3 is 16.0 Å². The van der Waals surface area contributed by atoms with Crippen molar-refractivity contribution in [3.8, 4) is 0 Å². The molecule has 1 heterocycles. The number of carbonyl (C=O) groups excluding carboxylic acids is 3. The number of piperazine rings is 1. The Morgan fingerprint density at radius 3 is 2.54 bits per heavy atom. The van der Waals surface area contributed by atoms with E-state index in [1.165, 1.54) is 12.1 Å². The van der Waals surface area contributed by atoms with Gasteiger partial charge in [0.2, 0.25) is 17.7 Å². The molecule has 1 fully saturated rings. The Morgan fingerprint density at radius 2 is 1.89 bits per heavy atom. The van der Waals surface area contributed by atoms with Crippen LogP contribution in [0.3, 0.4) is 0 Å². The maximum Gasteiger partial charge on any atom is 0.237 e. The second-order valence-corrected chi connectivity index (χ2v) is 9.05. The van der Waals surface area contributed by atoms with Gasteiger partial charge in [-0.2, -0.15) is 0 Å². The lowest BCUT2D eigenvalue weighted by atomic mass is 9.99. The molecule has 7 nitrogen and oxygen atoms in total. The fourth-order valence-corrected chi connectivity index (χ4v) is 4.59. The van der Waals surface area contributed by atoms with Crippen LogP contribution in [0.5, 0.6) is 0 Å². The predicted octanol–water partition coefficient (Wildman–Crippen LogP) is 2.36. The van der Waals surface area contributed by atoms with Gasteiger partial charge in [0, 0.05) is 44.2 Å². The molecule has 1 saturated heterocycles. The van der Waals surface area contributed by atoms with Crippen molar-refractivity contribution in [3.05, 3.63) is 76.9 Å². The molecule has 3 amide bonds. The molecule has 0 aliphatic carbocycles. The molecule has 0 spiro atoms. The maximum absolute atomic E-state index is 13.2. The SMILES string of the molecule is CNC(=O)C(Cc1ccccc1Cl)N1CCN(C(=O)[CH]Cc2ccc(F)cc2)C(CCC(N)=O)C1. The van der Waals surface area contributed by atoms with Gasteiger partial charge in [0.1, 0.15) is 5.82 Å². The molecule has 3 N–H and O–H groups in total. The monoisotopic (exact) mass is 501 g/mol. The minimum absolute atomic E-state index is 0.134. The first-order chi connectivity index (χ1) is 16.8. The van der Waals surface area contributed by atoms with Crippen molar-refractivity contribution in [2.24, 2.45) is 5.73 Å². The van der Waals surface area contributed by atoms with Crippen molar-refractivity contribution in [1.82, 2.24) is 15.1 Å². The summed E-state index contributed by atoms with van der Waals surface area (Å²) in [5, 5.41) is 3.33. The molecular formula is C26H31ClFN4O3. The zero-order chi connectivity index (χ0) is 25.4. The molecule has 0 saturated carbocycles. The largest absolute Gasteiger partial charge is 0.370 e. The molecule has 2 aromatic carbocycles. The predicted molar refractivity (Wildman–Crippen MR) is 133 cm³/mol. The fraction of sp³-hybridized carbons (Fsp3) is 0.385. The van der Waals surface area contributed by atoms with E-state index in [2.05, 4.69) is 5.32 Å². The van der Waals surface area contributed by atoms with Gasteiger partial charge in [-0.3, -0.25) is 19.3 Å². The van der Waals surface area contributed by atoms with Crippen molar-refractivity contribution in [3.63, 3.8) is 0 Å². The van der Waals surface area contributed by atoms with Crippen molar-refractivity contribution < 1.29 is 18.8 Å². The number of carbonyl (C=O) groups is 3.